The van der Waals surface area contributed by atoms with Crippen LogP contribution in [-0.2, 0) is 17.7 Å². The van der Waals surface area contributed by atoms with Crippen LogP contribution in [0.5, 0.6) is 0 Å². The van der Waals surface area contributed by atoms with E-state index in [2.05, 4.69) is 18.9 Å². The Morgan fingerprint density at radius 2 is 2.31 bits per heavy atom. The molecule has 1 aromatic rings. The standard InChI is InChI=1S/C11H18N2O3/c1-8(2)6-9-7-10(11(14)15)12-13(9)4-5-16-3/h7-8H,4-6H2,1-3H3,(H,14,15). The average Bonchev–Trinajstić information content (AvgIpc) is 2.57. The summed E-state index contributed by atoms with van der Waals surface area (Å²) in [6.07, 6.45) is 0.823. The summed E-state index contributed by atoms with van der Waals surface area (Å²) in [6.45, 7) is 5.31. The van der Waals surface area contributed by atoms with E-state index in [1.165, 1.54) is 0 Å². The zero-order valence-corrected chi connectivity index (χ0v) is 9.93. The molecule has 5 heteroatoms. The number of nitrogens with zero attached hydrogens (tertiary/aromatic N) is 2. The van der Waals surface area contributed by atoms with Crippen LogP contribution in [0.25, 0.3) is 0 Å². The highest BCUT2D eigenvalue weighted by atomic mass is 16.5. The van der Waals surface area contributed by atoms with Gasteiger partial charge in [0.2, 0.25) is 0 Å². The normalized spacial score (nSPS) is 11.0. The summed E-state index contributed by atoms with van der Waals surface area (Å²) < 4.78 is 6.68. The molecule has 16 heavy (non-hydrogen) atoms. The first-order valence-corrected chi connectivity index (χ1v) is 5.33. The molecular weight excluding hydrogens is 208 g/mol. The summed E-state index contributed by atoms with van der Waals surface area (Å²) in [4.78, 5) is 10.8. The highest BCUT2D eigenvalue weighted by Crippen LogP contribution is 2.10. The summed E-state index contributed by atoms with van der Waals surface area (Å²) in [6, 6.07) is 1.64. The van der Waals surface area contributed by atoms with Gasteiger partial charge in [0, 0.05) is 12.8 Å². The minimum Gasteiger partial charge on any atom is -0.476 e. The van der Waals surface area contributed by atoms with Gasteiger partial charge in [-0.15, -0.1) is 0 Å². The van der Waals surface area contributed by atoms with Crippen LogP contribution < -0.4 is 0 Å². The van der Waals surface area contributed by atoms with E-state index in [9.17, 15) is 4.79 Å². The molecular formula is C11H18N2O3. The van der Waals surface area contributed by atoms with Crippen molar-refractivity contribution in [2.75, 3.05) is 13.7 Å². The van der Waals surface area contributed by atoms with E-state index in [1.807, 2.05) is 0 Å². The zero-order chi connectivity index (χ0) is 12.1. The molecule has 0 radical (unpaired) electrons. The third-order valence-corrected chi connectivity index (χ3v) is 2.21. The van der Waals surface area contributed by atoms with Crippen LogP contribution in [0.1, 0.15) is 30.0 Å². The van der Waals surface area contributed by atoms with Crippen molar-refractivity contribution in [1.82, 2.24) is 9.78 Å². The van der Waals surface area contributed by atoms with Gasteiger partial charge in [-0.05, 0) is 18.4 Å². The fourth-order valence-electron chi connectivity index (χ4n) is 1.51. The van der Waals surface area contributed by atoms with Gasteiger partial charge in [0.1, 0.15) is 0 Å². The maximum atomic E-state index is 10.8. The van der Waals surface area contributed by atoms with Gasteiger partial charge < -0.3 is 9.84 Å². The van der Waals surface area contributed by atoms with Gasteiger partial charge >= 0.3 is 5.97 Å². The summed E-state index contributed by atoms with van der Waals surface area (Å²) in [5.74, 6) is -0.513. The lowest BCUT2D eigenvalue weighted by Crippen LogP contribution is -2.11. The van der Waals surface area contributed by atoms with Gasteiger partial charge in [-0.25, -0.2) is 4.79 Å². The largest absolute Gasteiger partial charge is 0.476 e. The summed E-state index contributed by atoms with van der Waals surface area (Å²) in [5, 5.41) is 12.9. The predicted octanol–water partition coefficient (Wildman–Crippen LogP) is 1.43. The number of hydrogen-bond donors (Lipinski definition) is 1. The van der Waals surface area contributed by atoms with Crippen LogP contribution in [0, 0.1) is 5.92 Å². The summed E-state index contributed by atoms with van der Waals surface area (Å²) in [7, 11) is 1.61. The molecule has 0 spiro atoms. The molecule has 0 amide bonds. The summed E-state index contributed by atoms with van der Waals surface area (Å²) >= 11 is 0. The lowest BCUT2D eigenvalue weighted by atomic mass is 10.1. The zero-order valence-electron chi connectivity index (χ0n) is 9.93. The van der Waals surface area contributed by atoms with Crippen molar-refractivity contribution in [3.05, 3.63) is 17.5 Å². The minimum atomic E-state index is -0.985. The third-order valence-electron chi connectivity index (χ3n) is 2.21. The van der Waals surface area contributed by atoms with E-state index in [4.69, 9.17) is 9.84 Å². The number of carboxylic acids is 1. The van der Waals surface area contributed by atoms with Gasteiger partial charge in [-0.2, -0.15) is 5.10 Å². The van der Waals surface area contributed by atoms with Gasteiger partial charge in [-0.3, -0.25) is 4.68 Å². The highest BCUT2D eigenvalue weighted by molar-refractivity contribution is 5.85. The Morgan fingerprint density at radius 3 is 2.81 bits per heavy atom. The minimum absolute atomic E-state index is 0.103. The van der Waals surface area contributed by atoms with Crippen molar-refractivity contribution in [3.63, 3.8) is 0 Å². The number of aromatic nitrogens is 2. The van der Waals surface area contributed by atoms with Crippen LogP contribution in [0.3, 0.4) is 0 Å². The lowest BCUT2D eigenvalue weighted by molar-refractivity contribution is 0.0689. The molecule has 0 aliphatic heterocycles. The van der Waals surface area contributed by atoms with E-state index in [1.54, 1.807) is 17.9 Å². The first-order chi connectivity index (χ1) is 7.54. The maximum Gasteiger partial charge on any atom is 0.356 e. The lowest BCUT2D eigenvalue weighted by Gasteiger charge is -2.08. The second-order valence-electron chi connectivity index (χ2n) is 4.14. The van der Waals surface area contributed by atoms with Gasteiger partial charge in [0.15, 0.2) is 5.69 Å². The van der Waals surface area contributed by atoms with E-state index in [-0.39, 0.29) is 5.69 Å². The Kier molecular flexibility index (Phi) is 4.49. The number of ether oxygens (including phenoxy) is 1. The van der Waals surface area contributed by atoms with Crippen LogP contribution in [0.2, 0.25) is 0 Å². The maximum absolute atomic E-state index is 10.8. The van der Waals surface area contributed by atoms with Crippen LogP contribution in [-0.4, -0.2) is 34.6 Å². The number of hydrogen-bond acceptors (Lipinski definition) is 3. The van der Waals surface area contributed by atoms with Gasteiger partial charge in [0.05, 0.1) is 13.2 Å². The van der Waals surface area contributed by atoms with E-state index >= 15 is 0 Å². The fourth-order valence-corrected chi connectivity index (χ4v) is 1.51. The number of carbonyl (C=O) groups is 1. The second kappa shape index (κ2) is 5.65. The quantitative estimate of drug-likeness (QED) is 0.796. The number of methoxy groups -OCH3 is 1. The summed E-state index contributed by atoms with van der Waals surface area (Å²) in [5.41, 5.74) is 1.05. The molecule has 0 aliphatic rings. The Hall–Kier alpha value is -1.36. The Bertz CT molecular complexity index is 358. The number of aromatic carboxylic acids is 1. The molecule has 1 aromatic heterocycles. The van der Waals surface area contributed by atoms with Crippen molar-refractivity contribution in [3.8, 4) is 0 Å². The van der Waals surface area contributed by atoms with Gasteiger partial charge in [0.25, 0.3) is 0 Å². The van der Waals surface area contributed by atoms with E-state index < -0.39 is 5.97 Å². The molecule has 0 saturated carbocycles. The van der Waals surface area contributed by atoms with Crippen LogP contribution in [0.15, 0.2) is 6.07 Å². The number of carboxylic acid groups (broad SMARTS) is 1. The van der Waals surface area contributed by atoms with Gasteiger partial charge in [-0.1, -0.05) is 13.8 Å². The van der Waals surface area contributed by atoms with Crippen molar-refractivity contribution in [2.45, 2.75) is 26.8 Å². The topological polar surface area (TPSA) is 64.4 Å². The molecule has 1 rings (SSSR count). The molecule has 0 saturated heterocycles. The van der Waals surface area contributed by atoms with Crippen molar-refractivity contribution in [1.29, 1.82) is 0 Å². The van der Waals surface area contributed by atoms with E-state index in [0.717, 1.165) is 12.1 Å². The SMILES string of the molecule is COCCn1nc(C(=O)O)cc1CC(C)C. The molecule has 0 aromatic carbocycles. The predicted molar refractivity (Wildman–Crippen MR) is 59.6 cm³/mol. The Labute approximate surface area is 95.0 Å². The first-order valence-electron chi connectivity index (χ1n) is 5.33. The molecule has 0 bridgehead atoms. The van der Waals surface area contributed by atoms with Crippen molar-refractivity contribution < 1.29 is 14.6 Å². The van der Waals surface area contributed by atoms with E-state index in [0.29, 0.717) is 19.1 Å². The monoisotopic (exact) mass is 226 g/mol. The molecule has 0 atom stereocenters. The second-order valence-corrected chi connectivity index (χ2v) is 4.14. The molecule has 1 N–H and O–H groups in total. The molecule has 0 aliphatic carbocycles. The molecule has 0 fully saturated rings. The average molecular weight is 226 g/mol. The highest BCUT2D eigenvalue weighted by Gasteiger charge is 2.13. The Balaban J connectivity index is 2.88. The molecule has 90 valence electrons. The van der Waals surface area contributed by atoms with Crippen LogP contribution in [0.4, 0.5) is 0 Å². The van der Waals surface area contributed by atoms with Crippen molar-refractivity contribution in [2.24, 2.45) is 5.92 Å². The molecule has 5 nitrogen and oxygen atoms in total. The first kappa shape index (κ1) is 12.7. The molecule has 1 heterocycles. The Morgan fingerprint density at radius 1 is 1.62 bits per heavy atom. The molecule has 0 unspecified atom stereocenters. The van der Waals surface area contributed by atoms with Crippen molar-refractivity contribution >= 4 is 5.97 Å². The third kappa shape index (κ3) is 3.34. The van der Waals surface area contributed by atoms with Crippen LogP contribution >= 0.6 is 0 Å². The number of rotatable bonds is 6. The fraction of sp³-hybridized carbons (Fsp3) is 0.636. The smallest absolute Gasteiger partial charge is 0.356 e.